The van der Waals surface area contributed by atoms with Gasteiger partial charge in [0, 0.05) is 55.3 Å². The molecule has 5 rings (SSSR count). The van der Waals surface area contributed by atoms with Crippen molar-refractivity contribution in [1.82, 2.24) is 14.8 Å². The number of rotatable bonds is 6. The number of carbonyl (C=O) groups excluding carboxylic acids is 2. The number of benzene rings is 2. The quantitative estimate of drug-likeness (QED) is 0.357. The van der Waals surface area contributed by atoms with E-state index in [1.165, 1.54) is 24.3 Å². The number of aromatic nitrogens is 1. The van der Waals surface area contributed by atoms with E-state index in [4.69, 9.17) is 21.6 Å². The van der Waals surface area contributed by atoms with Gasteiger partial charge in [0.05, 0.1) is 11.6 Å². The number of nitrogens with zero attached hydrogens (tertiary/aromatic N) is 5. The van der Waals surface area contributed by atoms with Crippen LogP contribution in [0.25, 0.3) is 0 Å². The maximum Gasteiger partial charge on any atom is 0.415 e. The summed E-state index contributed by atoms with van der Waals surface area (Å²) in [5, 5.41) is 9.65. The van der Waals surface area contributed by atoms with Gasteiger partial charge in [-0.05, 0) is 80.8 Å². The Morgan fingerprint density at radius 2 is 1.74 bits per heavy atom. The summed E-state index contributed by atoms with van der Waals surface area (Å²) < 4.78 is 19.1. The van der Waals surface area contributed by atoms with Crippen LogP contribution in [0.3, 0.4) is 0 Å². The van der Waals surface area contributed by atoms with Gasteiger partial charge in [0.1, 0.15) is 23.5 Å². The SMILES string of the molecule is CC(C)N(C(=O)Oc1ccc(F)cc1)C1CN(C(=O)C2CCN(c3ccc(C#N)cn3)CC2)CC1c1ccc(Cl)cc1. The monoisotopic (exact) mass is 589 g/mol. The highest BCUT2D eigenvalue weighted by Gasteiger charge is 2.44. The smallest absolute Gasteiger partial charge is 0.410 e. The second-order valence-electron chi connectivity index (χ2n) is 11.1. The molecule has 2 aliphatic rings. The Labute approximate surface area is 250 Å². The molecule has 0 N–H and O–H groups in total. The second kappa shape index (κ2) is 12.8. The van der Waals surface area contributed by atoms with Crippen LogP contribution in [0.4, 0.5) is 15.0 Å². The standard InChI is InChI=1S/C32H33ClFN5O3/c1-21(2)39(32(41)42-27-10-8-26(34)9-11-27)29-20-38(19-28(29)23-4-6-25(33)7-5-23)31(40)24-13-15-37(16-14-24)30-12-3-22(17-35)18-36-30/h3-12,18,21,24,28-29H,13-16,19-20H2,1-2H3. The Hall–Kier alpha value is -4.16. The minimum Gasteiger partial charge on any atom is -0.410 e. The molecule has 2 saturated heterocycles. The lowest BCUT2D eigenvalue weighted by Gasteiger charge is -2.35. The van der Waals surface area contributed by atoms with Crippen molar-refractivity contribution in [1.29, 1.82) is 5.26 Å². The predicted octanol–water partition coefficient (Wildman–Crippen LogP) is 5.87. The van der Waals surface area contributed by atoms with Gasteiger partial charge < -0.3 is 14.5 Å². The van der Waals surface area contributed by atoms with Crippen LogP contribution in [0, 0.1) is 23.1 Å². The summed E-state index contributed by atoms with van der Waals surface area (Å²) in [6.07, 6.45) is 2.40. The van der Waals surface area contributed by atoms with Gasteiger partial charge in [-0.15, -0.1) is 0 Å². The minimum absolute atomic E-state index is 0.0829. The topological polar surface area (TPSA) is 89.8 Å². The normalized spacial score (nSPS) is 19.0. The van der Waals surface area contributed by atoms with E-state index in [-0.39, 0.29) is 35.6 Å². The highest BCUT2D eigenvalue weighted by Crippen LogP contribution is 2.35. The number of carbonyl (C=O) groups is 2. The Bertz CT molecular complexity index is 1430. The van der Waals surface area contributed by atoms with Crippen molar-refractivity contribution in [2.75, 3.05) is 31.1 Å². The zero-order valence-electron chi connectivity index (χ0n) is 23.6. The van der Waals surface area contributed by atoms with Crippen molar-refractivity contribution < 1.29 is 18.7 Å². The van der Waals surface area contributed by atoms with E-state index in [1.54, 1.807) is 17.2 Å². The average Bonchev–Trinajstić information content (AvgIpc) is 3.43. The van der Waals surface area contributed by atoms with Crippen molar-refractivity contribution in [2.24, 2.45) is 5.92 Å². The number of hydrogen-bond donors (Lipinski definition) is 0. The van der Waals surface area contributed by atoms with Crippen LogP contribution in [0.2, 0.25) is 5.02 Å². The summed E-state index contributed by atoms with van der Waals surface area (Å²) in [7, 11) is 0. The Morgan fingerprint density at radius 3 is 2.33 bits per heavy atom. The third-order valence-electron chi connectivity index (χ3n) is 8.09. The van der Waals surface area contributed by atoms with E-state index in [1.807, 2.05) is 49.1 Å². The largest absolute Gasteiger partial charge is 0.415 e. The van der Waals surface area contributed by atoms with Crippen molar-refractivity contribution in [3.63, 3.8) is 0 Å². The van der Waals surface area contributed by atoms with Crippen molar-refractivity contribution >= 4 is 29.4 Å². The summed E-state index contributed by atoms with van der Waals surface area (Å²) in [6, 6.07) is 18.0. The van der Waals surface area contributed by atoms with Gasteiger partial charge in [-0.25, -0.2) is 14.2 Å². The first-order chi connectivity index (χ1) is 20.2. The number of nitriles is 1. The van der Waals surface area contributed by atoms with Gasteiger partial charge in [0.15, 0.2) is 0 Å². The molecule has 2 amide bonds. The molecule has 0 aliphatic carbocycles. The molecule has 2 aromatic carbocycles. The predicted molar refractivity (Wildman–Crippen MR) is 158 cm³/mol. The molecule has 2 fully saturated rings. The van der Waals surface area contributed by atoms with Gasteiger partial charge in [-0.1, -0.05) is 23.7 Å². The van der Waals surface area contributed by atoms with Crippen molar-refractivity contribution in [2.45, 2.75) is 44.7 Å². The number of amides is 2. The van der Waals surface area contributed by atoms with Crippen LogP contribution < -0.4 is 9.64 Å². The summed E-state index contributed by atoms with van der Waals surface area (Å²) in [6.45, 7) is 6.06. The molecule has 42 heavy (non-hydrogen) atoms. The molecule has 3 aromatic rings. The fraction of sp³-hybridized carbons (Fsp3) is 0.375. The zero-order chi connectivity index (χ0) is 29.8. The van der Waals surface area contributed by atoms with Crippen molar-refractivity contribution in [3.05, 3.63) is 88.8 Å². The van der Waals surface area contributed by atoms with Gasteiger partial charge in [-0.2, -0.15) is 5.26 Å². The van der Waals surface area contributed by atoms with E-state index in [0.717, 1.165) is 11.4 Å². The van der Waals surface area contributed by atoms with Crippen LogP contribution in [-0.2, 0) is 4.79 Å². The first kappa shape index (κ1) is 29.3. The third kappa shape index (κ3) is 6.50. The second-order valence-corrected chi connectivity index (χ2v) is 11.5. The van der Waals surface area contributed by atoms with Crippen LogP contribution in [0.1, 0.15) is 43.7 Å². The molecule has 2 aliphatic heterocycles. The van der Waals surface area contributed by atoms with E-state index in [9.17, 15) is 14.0 Å². The number of pyridine rings is 1. The molecule has 218 valence electrons. The molecule has 1 aromatic heterocycles. The molecular weight excluding hydrogens is 557 g/mol. The van der Waals surface area contributed by atoms with Crippen molar-refractivity contribution in [3.8, 4) is 11.8 Å². The Kier molecular flexibility index (Phi) is 8.93. The van der Waals surface area contributed by atoms with E-state index in [0.29, 0.717) is 49.6 Å². The molecule has 10 heteroatoms. The maximum atomic E-state index is 13.9. The van der Waals surface area contributed by atoms with Crippen LogP contribution in [0.5, 0.6) is 5.75 Å². The van der Waals surface area contributed by atoms with E-state index in [2.05, 4.69) is 16.0 Å². The average molecular weight is 590 g/mol. The van der Waals surface area contributed by atoms with E-state index < -0.39 is 11.9 Å². The molecule has 0 radical (unpaired) electrons. The lowest BCUT2D eigenvalue weighted by Crippen LogP contribution is -2.50. The minimum atomic E-state index is -0.543. The molecule has 0 spiro atoms. The lowest BCUT2D eigenvalue weighted by atomic mass is 9.92. The maximum absolute atomic E-state index is 13.9. The highest BCUT2D eigenvalue weighted by atomic mass is 35.5. The lowest BCUT2D eigenvalue weighted by molar-refractivity contribution is -0.135. The summed E-state index contributed by atoms with van der Waals surface area (Å²) >= 11 is 6.17. The van der Waals surface area contributed by atoms with Gasteiger partial charge >= 0.3 is 6.09 Å². The zero-order valence-corrected chi connectivity index (χ0v) is 24.4. The first-order valence-corrected chi connectivity index (χ1v) is 14.5. The van der Waals surface area contributed by atoms with Gasteiger partial charge in [0.25, 0.3) is 0 Å². The Morgan fingerprint density at radius 1 is 1.05 bits per heavy atom. The number of anilines is 1. The summed E-state index contributed by atoms with van der Waals surface area (Å²) in [5.74, 6) is 0.447. The number of likely N-dealkylation sites (tertiary alicyclic amines) is 1. The molecule has 2 unspecified atom stereocenters. The van der Waals surface area contributed by atoms with Gasteiger partial charge in [0.2, 0.25) is 5.91 Å². The van der Waals surface area contributed by atoms with Crippen LogP contribution in [-0.4, -0.2) is 65.0 Å². The number of hydrogen-bond acceptors (Lipinski definition) is 6. The van der Waals surface area contributed by atoms with Crippen LogP contribution >= 0.6 is 11.6 Å². The summed E-state index contributed by atoms with van der Waals surface area (Å²) in [5.41, 5.74) is 1.50. The first-order valence-electron chi connectivity index (χ1n) is 14.1. The third-order valence-corrected chi connectivity index (χ3v) is 8.34. The number of ether oxygens (including phenoxy) is 1. The fourth-order valence-electron chi connectivity index (χ4n) is 5.92. The molecular formula is C32H33ClFN5O3. The molecule has 3 heterocycles. The highest BCUT2D eigenvalue weighted by molar-refractivity contribution is 6.30. The van der Waals surface area contributed by atoms with Crippen LogP contribution in [0.15, 0.2) is 66.9 Å². The van der Waals surface area contributed by atoms with Gasteiger partial charge in [-0.3, -0.25) is 9.69 Å². The molecule has 8 nitrogen and oxygen atoms in total. The molecule has 0 saturated carbocycles. The molecule has 2 atom stereocenters. The van der Waals surface area contributed by atoms with E-state index >= 15 is 0 Å². The Balaban J connectivity index is 1.32. The number of halogens is 2. The summed E-state index contributed by atoms with van der Waals surface area (Å²) in [4.78, 5) is 37.5. The molecule has 0 bridgehead atoms. The fourth-order valence-corrected chi connectivity index (χ4v) is 6.05. The number of piperidine rings is 1.